The van der Waals surface area contributed by atoms with Gasteiger partial charge in [0.1, 0.15) is 0 Å². The minimum Gasteiger partial charge on any atom is -0.328 e. The molecule has 1 heterocycles. The van der Waals surface area contributed by atoms with Gasteiger partial charge >= 0.3 is 0 Å². The summed E-state index contributed by atoms with van der Waals surface area (Å²) in [7, 11) is 0. The molecule has 0 amide bonds. The lowest BCUT2D eigenvalue weighted by Gasteiger charge is -2.26. The van der Waals surface area contributed by atoms with E-state index in [9.17, 15) is 0 Å². The average molecular weight is 238 g/mol. The Morgan fingerprint density at radius 3 is 2.29 bits per heavy atom. The molecule has 0 aromatic carbocycles. The second-order valence-electron chi connectivity index (χ2n) is 3.55. The Morgan fingerprint density at radius 1 is 1.14 bits per heavy atom. The van der Waals surface area contributed by atoms with Crippen LogP contribution in [0.25, 0.3) is 0 Å². The molecule has 0 radical (unpaired) electrons. The molecular formula is C9H17Cl2N3. The lowest BCUT2D eigenvalue weighted by atomic mass is 9.92. The van der Waals surface area contributed by atoms with E-state index in [2.05, 4.69) is 9.78 Å². The van der Waals surface area contributed by atoms with Crippen molar-refractivity contribution in [1.29, 1.82) is 0 Å². The first-order valence-electron chi connectivity index (χ1n) is 4.61. The van der Waals surface area contributed by atoms with E-state index in [1.807, 2.05) is 18.5 Å². The van der Waals surface area contributed by atoms with Gasteiger partial charge in [-0.05, 0) is 31.7 Å². The SMILES string of the molecule is Cl.Cl.NC1CCC(n2cccn2)CC1. The van der Waals surface area contributed by atoms with Crippen LogP contribution in [0.15, 0.2) is 18.5 Å². The summed E-state index contributed by atoms with van der Waals surface area (Å²) < 4.78 is 2.06. The Balaban J connectivity index is 0.000000845. The van der Waals surface area contributed by atoms with Gasteiger partial charge in [0.2, 0.25) is 0 Å². The highest BCUT2D eigenvalue weighted by molar-refractivity contribution is 5.85. The Bertz CT molecular complexity index is 230. The van der Waals surface area contributed by atoms with Crippen molar-refractivity contribution in [3.05, 3.63) is 18.5 Å². The van der Waals surface area contributed by atoms with Gasteiger partial charge in [-0.25, -0.2) is 0 Å². The van der Waals surface area contributed by atoms with Crippen LogP contribution in [0.1, 0.15) is 31.7 Å². The van der Waals surface area contributed by atoms with E-state index in [1.54, 1.807) is 0 Å². The predicted octanol–water partition coefficient (Wildman–Crippen LogP) is 2.17. The van der Waals surface area contributed by atoms with Crippen LogP contribution in [0, 0.1) is 0 Å². The zero-order chi connectivity index (χ0) is 8.39. The number of halogens is 2. The fraction of sp³-hybridized carbons (Fsp3) is 0.667. The first-order valence-corrected chi connectivity index (χ1v) is 4.61. The number of nitrogens with two attached hydrogens (primary N) is 1. The molecule has 82 valence electrons. The molecule has 2 N–H and O–H groups in total. The van der Waals surface area contributed by atoms with Crippen molar-refractivity contribution in [2.45, 2.75) is 37.8 Å². The molecule has 0 unspecified atom stereocenters. The fourth-order valence-electron chi connectivity index (χ4n) is 1.86. The molecule has 5 heteroatoms. The molecule has 0 saturated heterocycles. The van der Waals surface area contributed by atoms with Crippen LogP contribution < -0.4 is 5.73 Å². The standard InChI is InChI=1S/C9H15N3.2ClH/c10-8-2-4-9(5-3-8)12-7-1-6-11-12;;/h1,6-9H,2-5,10H2;2*1H. The van der Waals surface area contributed by atoms with Gasteiger partial charge < -0.3 is 5.73 Å². The van der Waals surface area contributed by atoms with Crippen LogP contribution in [-0.2, 0) is 0 Å². The lowest BCUT2D eigenvalue weighted by Crippen LogP contribution is -2.27. The summed E-state index contributed by atoms with van der Waals surface area (Å²) in [5, 5.41) is 4.24. The molecule has 0 aliphatic heterocycles. The van der Waals surface area contributed by atoms with E-state index >= 15 is 0 Å². The first-order chi connectivity index (χ1) is 5.86. The minimum atomic E-state index is 0. The molecular weight excluding hydrogens is 221 g/mol. The molecule has 1 fully saturated rings. The maximum absolute atomic E-state index is 5.82. The van der Waals surface area contributed by atoms with Crippen molar-refractivity contribution in [2.75, 3.05) is 0 Å². The quantitative estimate of drug-likeness (QED) is 0.814. The summed E-state index contributed by atoms with van der Waals surface area (Å²) in [5.41, 5.74) is 5.82. The summed E-state index contributed by atoms with van der Waals surface area (Å²) in [6, 6.07) is 3.01. The first kappa shape index (κ1) is 13.8. The molecule has 14 heavy (non-hydrogen) atoms. The largest absolute Gasteiger partial charge is 0.328 e. The number of aromatic nitrogens is 2. The van der Waals surface area contributed by atoms with Crippen molar-refractivity contribution in [3.63, 3.8) is 0 Å². The van der Waals surface area contributed by atoms with Crippen LogP contribution in [-0.4, -0.2) is 15.8 Å². The van der Waals surface area contributed by atoms with Gasteiger partial charge in [0.15, 0.2) is 0 Å². The Kier molecular flexibility index (Phi) is 6.16. The van der Waals surface area contributed by atoms with Crippen LogP contribution in [0.5, 0.6) is 0 Å². The van der Waals surface area contributed by atoms with Gasteiger partial charge in [0.25, 0.3) is 0 Å². The predicted molar refractivity (Wildman–Crippen MR) is 62.2 cm³/mol. The van der Waals surface area contributed by atoms with Crippen molar-refractivity contribution >= 4 is 24.8 Å². The van der Waals surface area contributed by atoms with Gasteiger partial charge in [-0.1, -0.05) is 0 Å². The third kappa shape index (κ3) is 3.15. The van der Waals surface area contributed by atoms with Crippen LogP contribution in [0.4, 0.5) is 0 Å². The lowest BCUT2D eigenvalue weighted by molar-refractivity contribution is 0.304. The van der Waals surface area contributed by atoms with Gasteiger partial charge in [0, 0.05) is 18.4 Å². The summed E-state index contributed by atoms with van der Waals surface area (Å²) in [6.07, 6.45) is 8.54. The fourth-order valence-corrected chi connectivity index (χ4v) is 1.86. The molecule has 3 nitrogen and oxygen atoms in total. The topological polar surface area (TPSA) is 43.8 Å². The third-order valence-electron chi connectivity index (χ3n) is 2.64. The number of rotatable bonds is 1. The second-order valence-corrected chi connectivity index (χ2v) is 3.55. The minimum absolute atomic E-state index is 0. The van der Waals surface area contributed by atoms with E-state index in [1.165, 1.54) is 12.8 Å². The van der Waals surface area contributed by atoms with E-state index in [-0.39, 0.29) is 24.8 Å². The van der Waals surface area contributed by atoms with E-state index in [4.69, 9.17) is 5.73 Å². The van der Waals surface area contributed by atoms with Gasteiger partial charge in [-0.2, -0.15) is 5.10 Å². The molecule has 0 spiro atoms. The van der Waals surface area contributed by atoms with Gasteiger partial charge in [-0.3, -0.25) is 4.68 Å². The van der Waals surface area contributed by atoms with Gasteiger partial charge in [0.05, 0.1) is 6.04 Å². The Morgan fingerprint density at radius 2 is 1.79 bits per heavy atom. The summed E-state index contributed by atoms with van der Waals surface area (Å²) in [5.74, 6) is 0. The molecule has 1 saturated carbocycles. The maximum Gasteiger partial charge on any atom is 0.0520 e. The number of hydrogen-bond donors (Lipinski definition) is 1. The van der Waals surface area contributed by atoms with E-state index in [0.29, 0.717) is 12.1 Å². The molecule has 1 aromatic rings. The highest BCUT2D eigenvalue weighted by Gasteiger charge is 2.19. The monoisotopic (exact) mass is 237 g/mol. The maximum atomic E-state index is 5.82. The summed E-state index contributed by atoms with van der Waals surface area (Å²) >= 11 is 0. The molecule has 2 rings (SSSR count). The third-order valence-corrected chi connectivity index (χ3v) is 2.64. The summed E-state index contributed by atoms with van der Waals surface area (Å²) in [4.78, 5) is 0. The molecule has 0 bridgehead atoms. The Hall–Kier alpha value is -0.250. The number of hydrogen-bond acceptors (Lipinski definition) is 2. The normalized spacial score (nSPS) is 26.1. The van der Waals surface area contributed by atoms with Crippen LogP contribution >= 0.6 is 24.8 Å². The van der Waals surface area contributed by atoms with Crippen molar-refractivity contribution < 1.29 is 0 Å². The molecule has 1 aliphatic rings. The summed E-state index contributed by atoms with van der Waals surface area (Å²) in [6.45, 7) is 0. The smallest absolute Gasteiger partial charge is 0.0520 e. The highest BCUT2D eigenvalue weighted by Crippen LogP contribution is 2.26. The van der Waals surface area contributed by atoms with Crippen molar-refractivity contribution in [3.8, 4) is 0 Å². The van der Waals surface area contributed by atoms with E-state index in [0.717, 1.165) is 12.8 Å². The molecule has 1 aromatic heterocycles. The highest BCUT2D eigenvalue weighted by atomic mass is 35.5. The number of nitrogens with zero attached hydrogens (tertiary/aromatic N) is 2. The van der Waals surface area contributed by atoms with Gasteiger partial charge in [-0.15, -0.1) is 24.8 Å². The van der Waals surface area contributed by atoms with Crippen LogP contribution in [0.2, 0.25) is 0 Å². The van der Waals surface area contributed by atoms with Crippen LogP contribution in [0.3, 0.4) is 0 Å². The molecule has 0 atom stereocenters. The van der Waals surface area contributed by atoms with Crippen molar-refractivity contribution in [1.82, 2.24) is 9.78 Å². The zero-order valence-corrected chi connectivity index (χ0v) is 9.64. The van der Waals surface area contributed by atoms with Crippen molar-refractivity contribution in [2.24, 2.45) is 5.73 Å². The second kappa shape index (κ2) is 6.27. The average Bonchev–Trinajstić information content (AvgIpc) is 2.58. The zero-order valence-electron chi connectivity index (χ0n) is 8.00. The Labute approximate surface area is 96.9 Å². The van der Waals surface area contributed by atoms with E-state index < -0.39 is 0 Å². The molecule has 1 aliphatic carbocycles.